The van der Waals surface area contributed by atoms with Crippen LogP contribution in [-0.2, 0) is 12.8 Å². The van der Waals surface area contributed by atoms with E-state index < -0.39 is 0 Å². The van der Waals surface area contributed by atoms with Crippen molar-refractivity contribution >= 4 is 0 Å². The maximum atomic E-state index is 6.20. The number of ether oxygens (including phenoxy) is 1. The van der Waals surface area contributed by atoms with Gasteiger partial charge in [0.1, 0.15) is 5.75 Å². The van der Waals surface area contributed by atoms with E-state index in [2.05, 4.69) is 12.1 Å². The number of benzene rings is 1. The molecule has 0 radical (unpaired) electrons. The molecule has 3 nitrogen and oxygen atoms in total. The van der Waals surface area contributed by atoms with Gasteiger partial charge in [-0.2, -0.15) is 0 Å². The highest BCUT2D eigenvalue weighted by Crippen LogP contribution is 2.28. The molecule has 17 heavy (non-hydrogen) atoms. The van der Waals surface area contributed by atoms with Crippen molar-refractivity contribution in [2.75, 3.05) is 6.61 Å². The fourth-order valence-corrected chi connectivity index (χ4v) is 2.22. The van der Waals surface area contributed by atoms with E-state index >= 15 is 0 Å². The SMILES string of the molecule is NC(Cc1ccoc1)c1ccc2c(c1)CCO2. The summed E-state index contributed by atoms with van der Waals surface area (Å²) >= 11 is 0. The van der Waals surface area contributed by atoms with Crippen LogP contribution in [0.3, 0.4) is 0 Å². The van der Waals surface area contributed by atoms with Gasteiger partial charge in [-0.25, -0.2) is 0 Å². The lowest BCUT2D eigenvalue weighted by Gasteiger charge is -2.12. The maximum Gasteiger partial charge on any atom is 0.122 e. The highest BCUT2D eigenvalue weighted by atomic mass is 16.5. The minimum absolute atomic E-state index is 0.0125. The van der Waals surface area contributed by atoms with Gasteiger partial charge in [0.05, 0.1) is 19.1 Å². The van der Waals surface area contributed by atoms with E-state index in [9.17, 15) is 0 Å². The molecule has 88 valence electrons. The van der Waals surface area contributed by atoms with Crippen molar-refractivity contribution < 1.29 is 9.15 Å². The number of hydrogen-bond donors (Lipinski definition) is 1. The molecule has 1 aromatic carbocycles. The number of fused-ring (bicyclic) bond motifs is 1. The molecule has 0 amide bonds. The zero-order chi connectivity index (χ0) is 11.7. The molecular formula is C14H15NO2. The van der Waals surface area contributed by atoms with Crippen molar-refractivity contribution in [3.8, 4) is 5.75 Å². The van der Waals surface area contributed by atoms with E-state index in [0.29, 0.717) is 0 Å². The van der Waals surface area contributed by atoms with Crippen LogP contribution in [0.25, 0.3) is 0 Å². The van der Waals surface area contributed by atoms with Gasteiger partial charge in [0.25, 0.3) is 0 Å². The van der Waals surface area contributed by atoms with Crippen LogP contribution in [0, 0.1) is 0 Å². The van der Waals surface area contributed by atoms with E-state index in [4.69, 9.17) is 14.9 Å². The van der Waals surface area contributed by atoms with Gasteiger partial charge in [-0.05, 0) is 35.2 Å². The summed E-state index contributed by atoms with van der Waals surface area (Å²) < 4.78 is 10.5. The molecule has 1 aromatic heterocycles. The molecule has 1 unspecified atom stereocenters. The zero-order valence-electron chi connectivity index (χ0n) is 9.56. The standard InChI is InChI=1S/C14H15NO2/c15-13(7-10-3-5-16-9-10)11-1-2-14-12(8-11)4-6-17-14/h1-3,5,8-9,13H,4,6-7,15H2. The highest BCUT2D eigenvalue weighted by Gasteiger charge is 2.15. The van der Waals surface area contributed by atoms with E-state index in [1.807, 2.05) is 12.1 Å². The molecule has 0 bridgehead atoms. The Morgan fingerprint density at radius 2 is 2.24 bits per heavy atom. The van der Waals surface area contributed by atoms with Gasteiger partial charge in [-0.3, -0.25) is 0 Å². The van der Waals surface area contributed by atoms with E-state index in [0.717, 1.165) is 36.3 Å². The normalized spacial score (nSPS) is 15.4. The van der Waals surface area contributed by atoms with Crippen LogP contribution >= 0.6 is 0 Å². The third-order valence-electron chi connectivity index (χ3n) is 3.18. The Morgan fingerprint density at radius 1 is 1.29 bits per heavy atom. The number of rotatable bonds is 3. The largest absolute Gasteiger partial charge is 0.493 e. The molecule has 0 spiro atoms. The lowest BCUT2D eigenvalue weighted by Crippen LogP contribution is -2.13. The van der Waals surface area contributed by atoms with Crippen LogP contribution in [0.5, 0.6) is 5.75 Å². The molecule has 0 saturated heterocycles. The summed E-state index contributed by atoms with van der Waals surface area (Å²) in [5, 5.41) is 0. The molecule has 2 heterocycles. The van der Waals surface area contributed by atoms with Gasteiger partial charge in [0, 0.05) is 12.5 Å². The molecule has 0 saturated carbocycles. The van der Waals surface area contributed by atoms with Crippen molar-refractivity contribution in [2.45, 2.75) is 18.9 Å². The molecule has 3 rings (SSSR count). The Morgan fingerprint density at radius 3 is 3.06 bits per heavy atom. The fourth-order valence-electron chi connectivity index (χ4n) is 2.22. The van der Waals surface area contributed by atoms with E-state index in [1.165, 1.54) is 5.56 Å². The summed E-state index contributed by atoms with van der Waals surface area (Å²) in [6, 6.07) is 8.20. The lowest BCUT2D eigenvalue weighted by atomic mass is 9.99. The van der Waals surface area contributed by atoms with Crippen molar-refractivity contribution in [3.63, 3.8) is 0 Å². The van der Waals surface area contributed by atoms with Crippen LogP contribution in [0.2, 0.25) is 0 Å². The first kappa shape index (κ1) is 10.4. The molecule has 2 aromatic rings. The Bertz CT molecular complexity index is 505. The van der Waals surface area contributed by atoms with Crippen molar-refractivity contribution in [1.29, 1.82) is 0 Å². The quantitative estimate of drug-likeness (QED) is 0.879. The predicted molar refractivity (Wildman–Crippen MR) is 65.0 cm³/mol. The third kappa shape index (κ3) is 2.06. The van der Waals surface area contributed by atoms with Crippen molar-refractivity contribution in [2.24, 2.45) is 5.73 Å². The summed E-state index contributed by atoms with van der Waals surface area (Å²) in [4.78, 5) is 0. The predicted octanol–water partition coefficient (Wildman–Crippen LogP) is 2.46. The zero-order valence-corrected chi connectivity index (χ0v) is 9.56. The minimum atomic E-state index is 0.0125. The first-order valence-corrected chi connectivity index (χ1v) is 5.85. The summed E-state index contributed by atoms with van der Waals surface area (Å²) in [5.74, 6) is 1.00. The third-order valence-corrected chi connectivity index (χ3v) is 3.18. The molecule has 0 aliphatic carbocycles. The Hall–Kier alpha value is -1.74. The van der Waals surface area contributed by atoms with Crippen LogP contribution in [0.4, 0.5) is 0 Å². The molecule has 3 heteroatoms. The maximum absolute atomic E-state index is 6.20. The van der Waals surface area contributed by atoms with Crippen molar-refractivity contribution in [3.05, 3.63) is 53.5 Å². The first-order valence-electron chi connectivity index (χ1n) is 5.85. The topological polar surface area (TPSA) is 48.4 Å². The molecule has 2 N–H and O–H groups in total. The second kappa shape index (κ2) is 4.26. The van der Waals surface area contributed by atoms with Crippen LogP contribution in [0.1, 0.15) is 22.7 Å². The van der Waals surface area contributed by atoms with Gasteiger partial charge in [0.15, 0.2) is 0 Å². The average molecular weight is 229 g/mol. The van der Waals surface area contributed by atoms with Gasteiger partial charge in [-0.15, -0.1) is 0 Å². The van der Waals surface area contributed by atoms with Crippen molar-refractivity contribution in [1.82, 2.24) is 0 Å². The highest BCUT2D eigenvalue weighted by molar-refractivity contribution is 5.41. The molecule has 1 atom stereocenters. The number of hydrogen-bond acceptors (Lipinski definition) is 3. The first-order chi connectivity index (χ1) is 8.33. The minimum Gasteiger partial charge on any atom is -0.493 e. The summed E-state index contributed by atoms with van der Waals surface area (Å²) in [7, 11) is 0. The second-order valence-electron chi connectivity index (χ2n) is 4.41. The van der Waals surface area contributed by atoms with Gasteiger partial charge < -0.3 is 14.9 Å². The van der Waals surface area contributed by atoms with Crippen LogP contribution < -0.4 is 10.5 Å². The monoisotopic (exact) mass is 229 g/mol. The van der Waals surface area contributed by atoms with Gasteiger partial charge in [-0.1, -0.05) is 12.1 Å². The van der Waals surface area contributed by atoms with Crippen LogP contribution in [0.15, 0.2) is 41.2 Å². The Labute approximate surface area is 100 Å². The van der Waals surface area contributed by atoms with Gasteiger partial charge >= 0.3 is 0 Å². The lowest BCUT2D eigenvalue weighted by molar-refractivity contribution is 0.357. The summed E-state index contributed by atoms with van der Waals surface area (Å²) in [5.41, 5.74) is 9.76. The molecule has 0 fully saturated rings. The Balaban J connectivity index is 1.79. The smallest absolute Gasteiger partial charge is 0.122 e. The van der Waals surface area contributed by atoms with Gasteiger partial charge in [0.2, 0.25) is 0 Å². The Kier molecular flexibility index (Phi) is 2.61. The molecule has 1 aliphatic rings. The van der Waals surface area contributed by atoms with E-state index in [1.54, 1.807) is 12.5 Å². The number of furan rings is 1. The molecular weight excluding hydrogens is 214 g/mol. The summed E-state index contributed by atoms with van der Waals surface area (Å²) in [6.45, 7) is 0.787. The fraction of sp³-hybridized carbons (Fsp3) is 0.286. The average Bonchev–Trinajstić information content (AvgIpc) is 2.97. The summed E-state index contributed by atoms with van der Waals surface area (Å²) in [6.07, 6.45) is 5.21. The van der Waals surface area contributed by atoms with E-state index in [-0.39, 0.29) is 6.04 Å². The number of nitrogens with two attached hydrogens (primary N) is 1. The second-order valence-corrected chi connectivity index (χ2v) is 4.41. The molecule has 1 aliphatic heterocycles. The van der Waals surface area contributed by atoms with Crippen LogP contribution in [-0.4, -0.2) is 6.61 Å².